The van der Waals surface area contributed by atoms with Crippen LogP contribution in [0.2, 0.25) is 0 Å². The number of hydrogen-bond donors (Lipinski definition) is 12. The maximum Gasteiger partial charge on any atom is 0.255 e. The summed E-state index contributed by atoms with van der Waals surface area (Å²) in [6.07, 6.45) is 0. The third kappa shape index (κ3) is 16.7. The van der Waals surface area contributed by atoms with E-state index in [0.29, 0.717) is 41.7 Å². The molecule has 0 unspecified atom stereocenters. The van der Waals surface area contributed by atoms with E-state index in [1.807, 2.05) is 24.3 Å². The largest absolute Gasteiger partial charge is 0.491 e. The molecule has 1 amide bonds. The van der Waals surface area contributed by atoms with Crippen LogP contribution in [0.1, 0.15) is 78.9 Å². The summed E-state index contributed by atoms with van der Waals surface area (Å²) in [5, 5.41) is 6.31. The quantitative estimate of drug-likeness (QED) is 0.0161. The molecule has 0 aliphatic rings. The monoisotopic (exact) mass is 922 g/mol. The van der Waals surface area contributed by atoms with Crippen molar-refractivity contribution in [2.45, 2.75) is 68.7 Å². The number of anilines is 3. The second-order valence-corrected chi connectivity index (χ2v) is 18.6. The van der Waals surface area contributed by atoms with Gasteiger partial charge in [0, 0.05) is 40.4 Å². The first-order valence-corrected chi connectivity index (χ1v) is 22.3. The molecule has 3 rings (SSSR count). The molecule has 0 aliphatic heterocycles. The Morgan fingerprint density at radius 3 is 1.55 bits per heavy atom. The Hall–Kier alpha value is -6.42. The van der Waals surface area contributed by atoms with Crippen LogP contribution in [-0.2, 0) is 17.4 Å². The van der Waals surface area contributed by atoms with Crippen molar-refractivity contribution in [3.63, 3.8) is 0 Å². The zero-order valence-corrected chi connectivity index (χ0v) is 39.2. The van der Waals surface area contributed by atoms with Crippen molar-refractivity contribution >= 4 is 76.1 Å². The lowest BCUT2D eigenvalue weighted by molar-refractivity contribution is 0.0946. The van der Waals surface area contributed by atoms with Crippen LogP contribution in [0.4, 0.5) is 17.1 Å². The molecule has 0 aromatic heterocycles. The van der Waals surface area contributed by atoms with Crippen LogP contribution in [-0.4, -0.2) is 93.0 Å². The number of Topliss-reactive ketones (excluding diaryl/α,β-unsaturated/α-hetero) is 1. The van der Waals surface area contributed by atoms with E-state index in [2.05, 4.69) is 72.1 Å². The fourth-order valence-electron chi connectivity index (χ4n) is 5.87. The van der Waals surface area contributed by atoms with E-state index in [0.717, 1.165) is 26.5 Å². The number of thioether (sulfide) groups is 2. The van der Waals surface area contributed by atoms with Gasteiger partial charge in [-0.3, -0.25) is 29.6 Å². The number of amides is 1. The third-order valence-electron chi connectivity index (χ3n) is 9.10. The molecule has 0 fully saturated rings. The predicted octanol–water partition coefficient (Wildman–Crippen LogP) is 1.71. The second-order valence-electron chi connectivity index (χ2n) is 16.4. The van der Waals surface area contributed by atoms with Crippen LogP contribution in [0.25, 0.3) is 0 Å². The molecule has 3 aromatic rings. The summed E-state index contributed by atoms with van der Waals surface area (Å²) in [4.78, 5) is 46.4. The number of aliphatic imine (C=N–C) groups is 4. The van der Waals surface area contributed by atoms with Crippen molar-refractivity contribution in [3.05, 3.63) is 64.2 Å². The number of benzene rings is 3. The minimum absolute atomic E-state index is 0.0134. The summed E-state index contributed by atoms with van der Waals surface area (Å²) in [5.74, 6) is -0.000916. The maximum atomic E-state index is 14.4. The summed E-state index contributed by atoms with van der Waals surface area (Å²) in [6.45, 7) is 13.1. The van der Waals surface area contributed by atoms with Gasteiger partial charge >= 0.3 is 0 Å². The van der Waals surface area contributed by atoms with Crippen molar-refractivity contribution in [3.8, 4) is 11.5 Å². The average molecular weight is 923 g/mol. The van der Waals surface area contributed by atoms with Crippen LogP contribution < -0.4 is 77.4 Å². The Kier molecular flexibility index (Phi) is 19.4. The van der Waals surface area contributed by atoms with E-state index < -0.39 is 11.7 Å². The molecule has 22 heteroatoms. The fourth-order valence-corrected chi connectivity index (χ4v) is 7.70. The zero-order chi connectivity index (χ0) is 47.8. The molecule has 20 nitrogen and oxygen atoms in total. The van der Waals surface area contributed by atoms with E-state index in [1.165, 1.54) is 35.7 Å². The van der Waals surface area contributed by atoms with E-state index in [1.54, 1.807) is 0 Å². The zero-order valence-electron chi connectivity index (χ0n) is 37.5. The fraction of sp³-hybridized carbons (Fsp3) is 0.429. The number of rotatable bonds is 23. The summed E-state index contributed by atoms with van der Waals surface area (Å²) in [5.41, 5.74) is 61.5. The van der Waals surface area contributed by atoms with Gasteiger partial charge in [-0.05, 0) is 51.8 Å². The van der Waals surface area contributed by atoms with Crippen LogP contribution in [0.15, 0.2) is 66.2 Å². The first-order chi connectivity index (χ1) is 30.0. The Balaban J connectivity index is 2.12. The number of nitrogens with zero attached hydrogens (tertiary/aromatic N) is 4. The minimum atomic E-state index is -0.549. The number of ether oxygens (including phenoxy) is 2. The highest BCUT2D eigenvalue weighted by molar-refractivity contribution is 7.99. The highest BCUT2D eigenvalue weighted by Crippen LogP contribution is 2.39. The van der Waals surface area contributed by atoms with E-state index in [9.17, 15) is 9.59 Å². The Labute approximate surface area is 383 Å². The first-order valence-electron chi connectivity index (χ1n) is 20.3. The number of hydrogen-bond acceptors (Lipinski definition) is 13. The molecule has 350 valence electrons. The van der Waals surface area contributed by atoms with Crippen LogP contribution in [0.5, 0.6) is 11.5 Å². The van der Waals surface area contributed by atoms with Gasteiger partial charge in [0.2, 0.25) is 0 Å². The predicted molar refractivity (Wildman–Crippen MR) is 265 cm³/mol. The molecule has 0 saturated carbocycles. The lowest BCUT2D eigenvalue weighted by Gasteiger charge is -2.23. The van der Waals surface area contributed by atoms with Gasteiger partial charge in [-0.15, -0.1) is 23.5 Å². The van der Waals surface area contributed by atoms with Crippen LogP contribution in [0.3, 0.4) is 0 Å². The summed E-state index contributed by atoms with van der Waals surface area (Å²) in [7, 11) is 0. The van der Waals surface area contributed by atoms with E-state index >= 15 is 0 Å². The number of guanidine groups is 4. The molecule has 3 aromatic carbocycles. The minimum Gasteiger partial charge on any atom is -0.491 e. The van der Waals surface area contributed by atoms with Crippen molar-refractivity contribution in [2.24, 2.45) is 65.8 Å². The van der Waals surface area contributed by atoms with Gasteiger partial charge in [0.25, 0.3) is 5.91 Å². The third-order valence-corrected chi connectivity index (χ3v) is 11.4. The molecule has 0 atom stereocenters. The molecule has 0 heterocycles. The second kappa shape index (κ2) is 23.9. The van der Waals surface area contributed by atoms with Crippen LogP contribution in [0, 0.1) is 0 Å². The lowest BCUT2D eigenvalue weighted by atomic mass is 9.86. The molecule has 0 spiro atoms. The molecular formula is C42H66N16O4S2. The van der Waals surface area contributed by atoms with Crippen LogP contribution >= 0.6 is 23.5 Å². The number of nitrogens with two attached hydrogens (primary N) is 10. The van der Waals surface area contributed by atoms with Gasteiger partial charge in [-0.2, -0.15) is 0 Å². The van der Waals surface area contributed by atoms with Gasteiger partial charge in [-0.1, -0.05) is 47.6 Å². The summed E-state index contributed by atoms with van der Waals surface area (Å²) >= 11 is 2.91. The Morgan fingerprint density at radius 2 is 1.05 bits per heavy atom. The smallest absolute Gasteiger partial charge is 0.255 e. The van der Waals surface area contributed by atoms with Gasteiger partial charge in [0.1, 0.15) is 24.7 Å². The molecule has 22 N–H and O–H groups in total. The van der Waals surface area contributed by atoms with Crippen molar-refractivity contribution in [1.29, 1.82) is 0 Å². The van der Waals surface area contributed by atoms with E-state index in [-0.39, 0.29) is 96.7 Å². The van der Waals surface area contributed by atoms with Gasteiger partial charge in [-0.25, -0.2) is 0 Å². The number of carbonyl (C=O) groups excluding carboxylic acids is 2. The highest BCUT2D eigenvalue weighted by Gasteiger charge is 2.25. The first kappa shape index (κ1) is 51.9. The number of nitrogen functional groups attached to an aromatic ring is 2. The van der Waals surface area contributed by atoms with Crippen molar-refractivity contribution < 1.29 is 19.1 Å². The number of carbonyl (C=O) groups is 2. The standard InChI is InChI=1S/C42H66N16O4S2/c1-41(2,3)24-15-23(34(28(43)16-24)63-13-9-55-39(49)50)21-58-36(60)27-19-26(32(61-11-7-53-37(45)46)20-33(27)62-12-8-54-38(47)48)31(59)22-57-30-18-25(42(4,5)6)17-29(44)35(30)64-14-10-56-40(51)52/h15-20,57H,7-14,21-22,43-44H2,1-6H3,(H,58,60)(H4,45,46,53)(H4,47,48,54)(H4,49,50,55)(H4,51,52,56). The molecule has 0 radical (unpaired) electrons. The van der Waals surface area contributed by atoms with Crippen molar-refractivity contribution in [1.82, 2.24) is 5.32 Å². The highest BCUT2D eigenvalue weighted by atomic mass is 32.2. The van der Waals surface area contributed by atoms with Crippen molar-refractivity contribution in [2.75, 3.05) is 74.2 Å². The lowest BCUT2D eigenvalue weighted by Crippen LogP contribution is -2.26. The normalized spacial score (nSPS) is 11.2. The maximum absolute atomic E-state index is 14.4. The number of ketones is 1. The Bertz CT molecular complexity index is 2070. The number of nitrogens with one attached hydrogen (secondary N) is 2. The molecule has 0 saturated heterocycles. The molecular weight excluding hydrogens is 857 g/mol. The SMILES string of the molecule is CC(C)(C)c1cc(N)c(SCCN=C(N)N)c(CNC(=O)c2cc(C(=O)CNc3cc(C(C)(C)C)cc(N)c3SCCN=C(N)N)c(OCCN=C(N)N)cc2OCCN=C(N)N)c1. The Morgan fingerprint density at radius 1 is 0.594 bits per heavy atom. The topological polar surface area (TPSA) is 386 Å². The average Bonchev–Trinajstić information content (AvgIpc) is 3.19. The molecule has 0 aliphatic carbocycles. The van der Waals surface area contributed by atoms with Gasteiger partial charge < -0.3 is 77.4 Å². The van der Waals surface area contributed by atoms with Gasteiger partial charge in [0.05, 0.1) is 54.4 Å². The molecule has 64 heavy (non-hydrogen) atoms. The summed E-state index contributed by atoms with van der Waals surface area (Å²) < 4.78 is 12.2. The summed E-state index contributed by atoms with van der Waals surface area (Å²) in [6, 6.07) is 10.7. The van der Waals surface area contributed by atoms with Gasteiger partial charge in [0.15, 0.2) is 29.6 Å². The van der Waals surface area contributed by atoms with E-state index in [4.69, 9.17) is 66.8 Å². The molecule has 0 bridgehead atoms.